The number of amides is 1. The molecule has 0 aliphatic carbocycles. The van der Waals surface area contributed by atoms with E-state index >= 15 is 0 Å². The van der Waals surface area contributed by atoms with Crippen molar-refractivity contribution in [1.82, 2.24) is 4.98 Å². The lowest BCUT2D eigenvalue weighted by Crippen LogP contribution is -2.17. The molecule has 0 spiro atoms. The fourth-order valence-electron chi connectivity index (χ4n) is 3.32. The fourth-order valence-corrected chi connectivity index (χ4v) is 5.85. The van der Waals surface area contributed by atoms with Gasteiger partial charge in [-0.15, -0.1) is 15.7 Å². The first-order valence-corrected chi connectivity index (χ1v) is 12.6. The number of nitriles is 1. The van der Waals surface area contributed by atoms with E-state index in [1.807, 2.05) is 27.7 Å². The van der Waals surface area contributed by atoms with Crippen LogP contribution in [0.3, 0.4) is 0 Å². The van der Waals surface area contributed by atoms with Crippen LogP contribution in [-0.2, 0) is 33.3 Å². The number of carbonyl (C=O) groups excluding carboxylic acids is 1. The minimum Gasteiger partial charge on any atom is -0.390 e. The summed E-state index contributed by atoms with van der Waals surface area (Å²) in [5, 5.41) is 35.3. The smallest absolute Gasteiger partial charge is 0.259 e. The van der Waals surface area contributed by atoms with Gasteiger partial charge in [0.2, 0.25) is 0 Å². The van der Waals surface area contributed by atoms with E-state index in [0.29, 0.717) is 5.56 Å². The quantitative estimate of drug-likeness (QED) is 0.516. The number of nitrogens with zero attached hydrogens (tertiary/aromatic N) is 3. The Morgan fingerprint density at radius 3 is 2.18 bits per heavy atom. The predicted octanol–water partition coefficient (Wildman–Crippen LogP) is 3.56. The molecular weight excluding hydrogens is 480 g/mol. The fraction of sp³-hybridized carbons (Fsp3) is 0.500. The highest BCUT2D eigenvalue weighted by atomic mass is 32.2. The van der Waals surface area contributed by atoms with Crippen molar-refractivity contribution in [3.8, 4) is 6.07 Å². The van der Waals surface area contributed by atoms with Crippen LogP contribution >= 0.6 is 24.8 Å². The topological polar surface area (TPSA) is 150 Å². The Labute approximate surface area is 206 Å². The largest absolute Gasteiger partial charge is 0.390 e. The predicted molar refractivity (Wildman–Crippen MR) is 135 cm³/mol. The van der Waals surface area contributed by atoms with Gasteiger partial charge in [-0.2, -0.15) is 18.8 Å². The summed E-state index contributed by atoms with van der Waals surface area (Å²) in [6.45, 7) is 10.3. The van der Waals surface area contributed by atoms with Gasteiger partial charge in [0.1, 0.15) is 14.8 Å². The number of aliphatic hydroxyl groups excluding tert-OH is 1. The van der Waals surface area contributed by atoms with Gasteiger partial charge in [-0.3, -0.25) is 4.79 Å². The lowest BCUT2D eigenvalue weighted by atomic mass is 9.85. The molecule has 2 aromatic rings. The minimum absolute atomic E-state index is 0. The Morgan fingerprint density at radius 2 is 1.79 bits per heavy atom. The number of aromatic nitrogens is 1. The van der Waals surface area contributed by atoms with Crippen molar-refractivity contribution in [1.29, 1.82) is 5.26 Å². The van der Waals surface area contributed by atoms with Crippen LogP contribution in [-0.4, -0.2) is 25.3 Å². The number of hydrogen-bond acceptors (Lipinski definition) is 7. The molecular formula is C22H32N4O4S3. The molecule has 1 heterocycles. The number of thiazole rings is 1. The molecule has 0 aliphatic rings. The number of carbonyl (C=O) groups is 1. The first-order chi connectivity index (χ1) is 14.7. The van der Waals surface area contributed by atoms with Crippen LogP contribution in [0.2, 0.25) is 0 Å². The van der Waals surface area contributed by atoms with Crippen molar-refractivity contribution < 1.29 is 19.2 Å². The average Bonchev–Trinajstić information content (AvgIpc) is 3.13. The van der Waals surface area contributed by atoms with E-state index in [1.165, 1.54) is 13.8 Å². The van der Waals surface area contributed by atoms with Crippen LogP contribution < -0.4 is 5.14 Å². The Bertz CT molecular complexity index is 1150. The molecule has 0 aliphatic heterocycles. The summed E-state index contributed by atoms with van der Waals surface area (Å²) in [7, 11) is -3.68. The number of hydrogen-bond donors (Lipinski definition) is 3. The van der Waals surface area contributed by atoms with Crippen molar-refractivity contribution >= 4 is 40.7 Å². The maximum absolute atomic E-state index is 13.2. The van der Waals surface area contributed by atoms with Crippen LogP contribution in [0.15, 0.2) is 20.7 Å². The van der Waals surface area contributed by atoms with E-state index in [9.17, 15) is 24.5 Å². The molecule has 1 amide bonds. The molecule has 8 nitrogen and oxygen atoms in total. The Hall–Kier alpha value is -1.81. The van der Waals surface area contributed by atoms with Crippen LogP contribution in [0.1, 0.15) is 86.3 Å². The monoisotopic (exact) mass is 512 g/mol. The molecule has 2 rings (SSSR count). The van der Waals surface area contributed by atoms with Crippen molar-refractivity contribution in [3.63, 3.8) is 0 Å². The van der Waals surface area contributed by atoms with E-state index in [4.69, 9.17) is 5.14 Å². The van der Waals surface area contributed by atoms with Gasteiger partial charge in [-0.1, -0.05) is 27.7 Å². The van der Waals surface area contributed by atoms with E-state index in [1.54, 1.807) is 12.1 Å². The zero-order valence-electron chi connectivity index (χ0n) is 19.7. The third-order valence-corrected chi connectivity index (χ3v) is 8.27. The molecule has 0 bridgehead atoms. The van der Waals surface area contributed by atoms with Gasteiger partial charge in [0.05, 0.1) is 30.4 Å². The Kier molecular flexibility index (Phi) is 9.81. The standard InChI is InChI=1S/C22H30N4O4S2.H2S/c1-12(2)15-7-14(10-23)8-16(13(3)4)17(15)9-19(28)26-32(24,30)20-18(11-27)25-21(31-20)22(5,6)29;/h7-8,12-13,27,29H,9,11H2,1-6H3,(H2,24,26,28,30);1H2. The van der Waals surface area contributed by atoms with Gasteiger partial charge in [0, 0.05) is 0 Å². The van der Waals surface area contributed by atoms with Crippen molar-refractivity contribution in [2.45, 2.75) is 76.2 Å². The number of benzene rings is 1. The SMILES string of the molecule is CC(C)c1cc(C#N)cc(C(C)C)c1CC(=O)N=S(N)(=O)c1sc(C(C)(C)O)nc1CO.S. The maximum Gasteiger partial charge on any atom is 0.259 e. The number of aliphatic hydroxyl groups is 2. The highest BCUT2D eigenvalue weighted by Gasteiger charge is 2.27. The lowest BCUT2D eigenvalue weighted by Gasteiger charge is -2.19. The molecule has 1 atom stereocenters. The van der Waals surface area contributed by atoms with Gasteiger partial charge in [-0.05, 0) is 54.5 Å². The van der Waals surface area contributed by atoms with Crippen LogP contribution in [0, 0.1) is 11.3 Å². The first kappa shape index (κ1) is 29.2. The zero-order chi connectivity index (χ0) is 24.4. The van der Waals surface area contributed by atoms with Crippen LogP contribution in [0.25, 0.3) is 0 Å². The summed E-state index contributed by atoms with van der Waals surface area (Å²) in [5.41, 5.74) is 1.69. The molecule has 4 N–H and O–H groups in total. The van der Waals surface area contributed by atoms with Gasteiger partial charge in [0.15, 0.2) is 9.92 Å². The molecule has 11 heteroatoms. The van der Waals surface area contributed by atoms with E-state index in [-0.39, 0.29) is 46.7 Å². The molecule has 1 aromatic carbocycles. The molecule has 182 valence electrons. The second-order valence-corrected chi connectivity index (χ2v) is 11.7. The Balaban J connectivity index is 0.00000544. The second-order valence-electron chi connectivity index (χ2n) is 8.76. The summed E-state index contributed by atoms with van der Waals surface area (Å²) >= 11 is 0.864. The molecule has 33 heavy (non-hydrogen) atoms. The summed E-state index contributed by atoms with van der Waals surface area (Å²) in [5.74, 6) is -0.557. The zero-order valence-corrected chi connectivity index (χ0v) is 22.3. The minimum atomic E-state index is -3.68. The van der Waals surface area contributed by atoms with Crippen LogP contribution in [0.4, 0.5) is 0 Å². The summed E-state index contributed by atoms with van der Waals surface area (Å²) in [4.78, 5) is 17.0. The first-order valence-electron chi connectivity index (χ1n) is 10.2. The Morgan fingerprint density at radius 1 is 1.27 bits per heavy atom. The van der Waals surface area contributed by atoms with E-state index in [2.05, 4.69) is 15.4 Å². The molecule has 1 aromatic heterocycles. The van der Waals surface area contributed by atoms with Crippen LogP contribution in [0.5, 0.6) is 0 Å². The normalized spacial score (nSPS) is 13.4. The molecule has 0 saturated heterocycles. The molecule has 0 fully saturated rings. The van der Waals surface area contributed by atoms with Crippen molar-refractivity contribution in [3.05, 3.63) is 45.1 Å². The number of nitrogens with two attached hydrogens (primary N) is 1. The highest BCUT2D eigenvalue weighted by molar-refractivity contribution is 7.93. The third-order valence-electron chi connectivity index (χ3n) is 4.86. The summed E-state index contributed by atoms with van der Waals surface area (Å²) in [6, 6.07) is 5.69. The molecule has 0 radical (unpaired) electrons. The van der Waals surface area contributed by atoms with Crippen molar-refractivity contribution in [2.75, 3.05) is 0 Å². The highest BCUT2D eigenvalue weighted by Crippen LogP contribution is 2.32. The maximum atomic E-state index is 13.2. The van der Waals surface area contributed by atoms with Crippen molar-refractivity contribution in [2.24, 2.45) is 9.50 Å². The van der Waals surface area contributed by atoms with Gasteiger partial charge >= 0.3 is 0 Å². The van der Waals surface area contributed by atoms with Gasteiger partial charge < -0.3 is 10.2 Å². The number of rotatable bonds is 7. The average molecular weight is 513 g/mol. The lowest BCUT2D eigenvalue weighted by molar-refractivity contribution is -0.117. The molecule has 0 saturated carbocycles. The third kappa shape index (κ3) is 6.85. The second kappa shape index (κ2) is 11.1. The van der Waals surface area contributed by atoms with E-state index < -0.39 is 28.0 Å². The van der Waals surface area contributed by atoms with E-state index in [0.717, 1.165) is 28.0 Å². The summed E-state index contributed by atoms with van der Waals surface area (Å²) in [6.07, 6.45) is -0.119. The molecule has 1 unspecified atom stereocenters. The summed E-state index contributed by atoms with van der Waals surface area (Å²) < 4.78 is 16.9. The van der Waals surface area contributed by atoms with Gasteiger partial charge in [-0.25, -0.2) is 14.3 Å². The van der Waals surface area contributed by atoms with Gasteiger partial charge in [0.25, 0.3) is 5.91 Å².